The van der Waals surface area contributed by atoms with Crippen LogP contribution in [0, 0.1) is 12.3 Å². The summed E-state index contributed by atoms with van der Waals surface area (Å²) in [5, 5.41) is 28.2. The SMILES string of the molecule is CNC(=O)c1cccc(Nc2cc(Nc3ccc(C(=O)NCCCCCCCCCC(=O)NC(C(=O)N4CC(O)CC4C(=O)NCc4ccc(-c5scnc5C)cc4)C(C)(C)C)cn3)ncc2C(N)=O)c1OC. The molecule has 4 heterocycles. The highest BCUT2D eigenvalue weighted by Gasteiger charge is 2.44. The second-order valence-electron chi connectivity index (χ2n) is 19.1. The molecule has 3 unspecified atom stereocenters. The summed E-state index contributed by atoms with van der Waals surface area (Å²) in [6.07, 6.45) is 8.42. The van der Waals surface area contributed by atoms with Gasteiger partial charge in [0.1, 0.15) is 23.7 Å². The van der Waals surface area contributed by atoms with Crippen LogP contribution in [0.25, 0.3) is 10.4 Å². The Labute approximate surface area is 429 Å². The first-order valence-corrected chi connectivity index (χ1v) is 25.4. The third kappa shape index (κ3) is 15.0. The van der Waals surface area contributed by atoms with Gasteiger partial charge in [-0.2, -0.15) is 0 Å². The largest absolute Gasteiger partial charge is 0.494 e. The quantitative estimate of drug-likeness (QED) is 0.0306. The van der Waals surface area contributed by atoms with E-state index < -0.39 is 29.5 Å². The van der Waals surface area contributed by atoms with Crippen LogP contribution in [0.15, 0.2) is 78.6 Å². The number of hydrogen-bond acceptors (Lipinski definition) is 14. The smallest absolute Gasteiger partial charge is 0.254 e. The maximum atomic E-state index is 14.0. The van der Waals surface area contributed by atoms with Crippen molar-refractivity contribution >= 4 is 69.8 Å². The van der Waals surface area contributed by atoms with Gasteiger partial charge in [-0.05, 0) is 60.6 Å². The van der Waals surface area contributed by atoms with Crippen LogP contribution >= 0.6 is 11.3 Å². The molecule has 0 radical (unpaired) electrons. The Morgan fingerprint density at radius 2 is 1.55 bits per heavy atom. The zero-order chi connectivity index (χ0) is 52.7. The summed E-state index contributed by atoms with van der Waals surface area (Å²) < 4.78 is 5.50. The number of rotatable bonds is 24. The van der Waals surface area contributed by atoms with E-state index in [4.69, 9.17) is 10.5 Å². The van der Waals surface area contributed by atoms with E-state index in [0.717, 1.165) is 60.2 Å². The van der Waals surface area contributed by atoms with Crippen molar-refractivity contribution in [3.05, 3.63) is 107 Å². The van der Waals surface area contributed by atoms with Gasteiger partial charge in [0.25, 0.3) is 17.7 Å². The Morgan fingerprint density at radius 1 is 0.836 bits per heavy atom. The lowest BCUT2D eigenvalue weighted by Gasteiger charge is -2.35. The number of para-hydroxylation sites is 1. The fourth-order valence-electron chi connectivity index (χ4n) is 8.48. The van der Waals surface area contributed by atoms with Gasteiger partial charge < -0.3 is 52.4 Å². The Hall–Kier alpha value is -7.45. The van der Waals surface area contributed by atoms with Crippen LogP contribution in [-0.2, 0) is 20.9 Å². The van der Waals surface area contributed by atoms with Gasteiger partial charge in [0.2, 0.25) is 17.7 Å². The lowest BCUT2D eigenvalue weighted by molar-refractivity contribution is -0.144. The number of ether oxygens (including phenoxy) is 1. The van der Waals surface area contributed by atoms with E-state index in [0.29, 0.717) is 47.1 Å². The van der Waals surface area contributed by atoms with Gasteiger partial charge >= 0.3 is 0 Å². The molecule has 3 aromatic heterocycles. The summed E-state index contributed by atoms with van der Waals surface area (Å²) in [7, 11) is 2.95. The van der Waals surface area contributed by atoms with Crippen LogP contribution < -0.4 is 42.4 Å². The van der Waals surface area contributed by atoms with Crippen molar-refractivity contribution in [3.8, 4) is 16.2 Å². The molecule has 1 saturated heterocycles. The standard InChI is InChI=1S/C53H67N11O8S/c1-32-46(73-31-60-32)34-20-18-33(19-21-34)27-59-51(70)41-25-36(65)30-64(41)52(71)47(53(2,3)4)63-44(66)17-12-10-8-7-9-11-13-24-56-49(68)35-22-23-42(57-28-35)62-43-26-40(38(29-58-43)48(54)67)61-39-16-14-15-37(45(39)72-6)50(69)55-5/h14-16,18-23,26,28-29,31,36,41,47,65H,7-13,17,24-25,27,30H2,1-6H3,(H2,54,67)(H,55,69)(H,56,68)(H,59,70)(H,63,66)(H2,57,58,61,62). The first kappa shape index (κ1) is 54.9. The molecule has 1 aliphatic heterocycles. The number of aliphatic hydroxyl groups excluding tert-OH is 1. The van der Waals surface area contributed by atoms with Crippen molar-refractivity contribution in [1.82, 2.24) is 41.1 Å². The topological polar surface area (TPSA) is 272 Å². The second-order valence-corrected chi connectivity index (χ2v) is 19.9. The Kier molecular flexibility index (Phi) is 19.4. The molecule has 9 N–H and O–H groups in total. The number of nitrogens with one attached hydrogen (secondary N) is 6. The molecule has 6 rings (SSSR count). The van der Waals surface area contributed by atoms with Crippen LogP contribution in [0.1, 0.15) is 121 Å². The summed E-state index contributed by atoms with van der Waals surface area (Å²) >= 11 is 1.57. The summed E-state index contributed by atoms with van der Waals surface area (Å²) in [6.45, 7) is 8.36. The number of pyridine rings is 2. The third-order valence-electron chi connectivity index (χ3n) is 12.5. The number of benzene rings is 2. The van der Waals surface area contributed by atoms with Crippen LogP contribution in [-0.4, -0.2) is 106 Å². The predicted octanol–water partition coefficient (Wildman–Crippen LogP) is 6.52. The zero-order valence-electron chi connectivity index (χ0n) is 42.3. The number of anilines is 4. The molecule has 0 spiro atoms. The van der Waals surface area contributed by atoms with Crippen molar-refractivity contribution in [2.45, 2.75) is 110 Å². The molecule has 1 aliphatic rings. The highest BCUT2D eigenvalue weighted by Crippen LogP contribution is 2.34. The molecule has 73 heavy (non-hydrogen) atoms. The number of thiazole rings is 1. The molecule has 0 saturated carbocycles. The van der Waals surface area contributed by atoms with E-state index >= 15 is 0 Å². The summed E-state index contributed by atoms with van der Waals surface area (Å²) in [6, 6.07) is 16.0. The number of primary amides is 1. The van der Waals surface area contributed by atoms with Crippen LogP contribution in [0.2, 0.25) is 0 Å². The molecule has 1 fully saturated rings. The normalized spacial score (nSPS) is 14.7. The van der Waals surface area contributed by atoms with E-state index in [1.807, 2.05) is 57.5 Å². The number of methoxy groups -OCH3 is 1. The summed E-state index contributed by atoms with van der Waals surface area (Å²) in [4.78, 5) is 93.7. The minimum absolute atomic E-state index is 0.00970. The molecular weight excluding hydrogens is 951 g/mol. The number of hydrogen-bond donors (Lipinski definition) is 8. The van der Waals surface area contributed by atoms with Crippen molar-refractivity contribution in [3.63, 3.8) is 0 Å². The van der Waals surface area contributed by atoms with Crippen molar-refractivity contribution in [1.29, 1.82) is 0 Å². The number of carbonyl (C=O) groups is 6. The lowest BCUT2D eigenvalue weighted by Crippen LogP contribution is -2.57. The first-order chi connectivity index (χ1) is 35.0. The van der Waals surface area contributed by atoms with E-state index in [2.05, 4.69) is 46.9 Å². The van der Waals surface area contributed by atoms with Gasteiger partial charge in [-0.1, -0.05) is 83.2 Å². The van der Waals surface area contributed by atoms with E-state index in [1.165, 1.54) is 31.5 Å². The molecule has 0 bridgehead atoms. The van der Waals surface area contributed by atoms with Crippen LogP contribution in [0.4, 0.5) is 23.0 Å². The molecular formula is C53H67N11O8S. The number of β-amino-alcohol motifs (C(OH)–C–C–N with tert-alkyl or cyclic N) is 1. The average Bonchev–Trinajstić information content (AvgIpc) is 3.99. The van der Waals surface area contributed by atoms with Gasteiger partial charge in [0.05, 0.1) is 57.4 Å². The number of nitrogens with two attached hydrogens (primary N) is 1. The fraction of sp³-hybridized carbons (Fsp3) is 0.415. The molecule has 20 heteroatoms. The van der Waals surface area contributed by atoms with Crippen molar-refractivity contribution in [2.75, 3.05) is 37.9 Å². The van der Waals surface area contributed by atoms with E-state index in [9.17, 15) is 33.9 Å². The highest BCUT2D eigenvalue weighted by atomic mass is 32.1. The van der Waals surface area contributed by atoms with Gasteiger partial charge in [0.15, 0.2) is 5.75 Å². The maximum Gasteiger partial charge on any atom is 0.254 e. The predicted molar refractivity (Wildman–Crippen MR) is 281 cm³/mol. The van der Waals surface area contributed by atoms with Gasteiger partial charge in [0, 0.05) is 58.0 Å². The van der Waals surface area contributed by atoms with E-state index in [1.54, 1.807) is 47.7 Å². The lowest BCUT2D eigenvalue weighted by atomic mass is 9.85. The Bertz CT molecular complexity index is 2730. The molecule has 3 atom stereocenters. The van der Waals surface area contributed by atoms with Gasteiger partial charge in [-0.25, -0.2) is 15.0 Å². The third-order valence-corrected chi connectivity index (χ3v) is 13.5. The maximum absolute atomic E-state index is 14.0. The first-order valence-electron chi connectivity index (χ1n) is 24.5. The Balaban J connectivity index is 0.870. The number of nitrogens with zero attached hydrogens (tertiary/aromatic N) is 4. The minimum atomic E-state index is -0.882. The molecule has 0 aliphatic carbocycles. The number of aryl methyl sites for hydroxylation is 1. The summed E-state index contributed by atoms with van der Waals surface area (Å²) in [5.41, 5.74) is 11.2. The fourth-order valence-corrected chi connectivity index (χ4v) is 9.29. The number of likely N-dealkylation sites (tertiary alicyclic amines) is 1. The number of carbonyl (C=O) groups excluding carboxylic acids is 6. The molecule has 5 aromatic rings. The van der Waals surface area contributed by atoms with Crippen molar-refractivity contribution < 1.29 is 38.6 Å². The molecule has 2 aromatic carbocycles. The van der Waals surface area contributed by atoms with Gasteiger partial charge in [-0.3, -0.25) is 28.8 Å². The molecule has 19 nitrogen and oxygen atoms in total. The monoisotopic (exact) mass is 1020 g/mol. The highest BCUT2D eigenvalue weighted by molar-refractivity contribution is 7.13. The number of aromatic nitrogens is 3. The average molecular weight is 1020 g/mol. The van der Waals surface area contributed by atoms with Gasteiger partial charge in [-0.15, -0.1) is 11.3 Å². The molecule has 388 valence electrons. The number of aliphatic hydroxyl groups is 1. The van der Waals surface area contributed by atoms with Crippen LogP contribution in [0.3, 0.4) is 0 Å². The summed E-state index contributed by atoms with van der Waals surface area (Å²) in [5.74, 6) is -1.29. The molecule has 6 amide bonds. The minimum Gasteiger partial charge on any atom is -0.494 e. The van der Waals surface area contributed by atoms with Crippen molar-refractivity contribution in [2.24, 2.45) is 11.1 Å². The second kappa shape index (κ2) is 25.8. The number of unbranched alkanes of at least 4 members (excludes halogenated alkanes) is 6. The number of amides is 6. The Morgan fingerprint density at radius 3 is 2.19 bits per heavy atom. The van der Waals surface area contributed by atoms with Crippen LogP contribution in [0.5, 0.6) is 5.75 Å². The zero-order valence-corrected chi connectivity index (χ0v) is 43.1. The van der Waals surface area contributed by atoms with E-state index in [-0.39, 0.29) is 66.8 Å².